The fraction of sp³-hybridized carbons (Fsp3) is 0.267. The van der Waals surface area contributed by atoms with Gasteiger partial charge in [-0.1, -0.05) is 23.4 Å². The predicted octanol–water partition coefficient (Wildman–Crippen LogP) is 2.93. The van der Waals surface area contributed by atoms with Crippen LogP contribution in [0.1, 0.15) is 12.0 Å². The average molecular weight is 289 g/mol. The van der Waals surface area contributed by atoms with E-state index < -0.39 is 0 Å². The Morgan fingerprint density at radius 1 is 1.20 bits per heavy atom. The van der Waals surface area contributed by atoms with Gasteiger partial charge in [0, 0.05) is 25.2 Å². The summed E-state index contributed by atoms with van der Waals surface area (Å²) in [5.41, 5.74) is 8.07. The Morgan fingerprint density at radius 2 is 2.00 bits per heavy atom. The molecule has 0 saturated heterocycles. The number of rotatable bonds is 7. The van der Waals surface area contributed by atoms with Gasteiger partial charge in [0.15, 0.2) is 0 Å². The number of hydrogen-bond donors (Lipinski definition) is 2. The Hall–Kier alpha value is -2.01. The van der Waals surface area contributed by atoms with Gasteiger partial charge >= 0.3 is 0 Å². The van der Waals surface area contributed by atoms with Crippen LogP contribution in [0.5, 0.6) is 0 Å². The largest absolute Gasteiger partial charge is 0.409 e. The molecule has 2 rings (SSSR count). The normalized spacial score (nSPS) is 11.5. The second kappa shape index (κ2) is 7.55. The molecule has 0 bridgehead atoms. The summed E-state index contributed by atoms with van der Waals surface area (Å²) in [6.07, 6.45) is 1.55. The molecular weight excluding hydrogens is 270 g/mol. The van der Waals surface area contributed by atoms with E-state index in [1.165, 1.54) is 5.56 Å². The van der Waals surface area contributed by atoms with E-state index in [0.29, 0.717) is 6.42 Å². The minimum Gasteiger partial charge on any atom is -0.409 e. The number of benzene rings is 1. The summed E-state index contributed by atoms with van der Waals surface area (Å²) in [5.74, 6) is 0.265. The van der Waals surface area contributed by atoms with Crippen LogP contribution in [-0.4, -0.2) is 24.1 Å². The van der Waals surface area contributed by atoms with Gasteiger partial charge in [0.05, 0.1) is 0 Å². The maximum atomic E-state index is 8.64. The molecule has 0 aliphatic carbocycles. The van der Waals surface area contributed by atoms with Crippen molar-refractivity contribution in [2.45, 2.75) is 12.8 Å². The lowest BCUT2D eigenvalue weighted by Crippen LogP contribution is -2.30. The number of nitrogens with zero attached hydrogens (tertiary/aromatic N) is 2. The van der Waals surface area contributed by atoms with Gasteiger partial charge in [-0.05, 0) is 40.9 Å². The highest BCUT2D eigenvalue weighted by Crippen LogP contribution is 2.15. The van der Waals surface area contributed by atoms with Crippen LogP contribution in [0.3, 0.4) is 0 Å². The first-order chi connectivity index (χ1) is 9.79. The summed E-state index contributed by atoms with van der Waals surface area (Å²) >= 11 is 1.72. The summed E-state index contributed by atoms with van der Waals surface area (Å²) in [5, 5.41) is 15.9. The van der Waals surface area contributed by atoms with Crippen LogP contribution in [0, 0.1) is 0 Å². The molecule has 0 aliphatic rings. The Morgan fingerprint density at radius 3 is 2.65 bits per heavy atom. The molecule has 0 atom stereocenters. The molecule has 0 fully saturated rings. The van der Waals surface area contributed by atoms with Gasteiger partial charge in [0.1, 0.15) is 5.84 Å². The Balaban J connectivity index is 2.00. The van der Waals surface area contributed by atoms with E-state index in [9.17, 15) is 0 Å². The van der Waals surface area contributed by atoms with Crippen molar-refractivity contribution in [3.05, 3.63) is 52.7 Å². The highest BCUT2D eigenvalue weighted by atomic mass is 32.1. The van der Waals surface area contributed by atoms with Gasteiger partial charge in [0.25, 0.3) is 0 Å². The van der Waals surface area contributed by atoms with E-state index in [1.807, 2.05) is 18.2 Å². The molecule has 0 aliphatic heterocycles. The molecule has 1 aromatic carbocycles. The molecule has 0 amide bonds. The first-order valence-electron chi connectivity index (χ1n) is 6.57. The fourth-order valence-electron chi connectivity index (χ4n) is 2.01. The zero-order chi connectivity index (χ0) is 14.2. The maximum Gasteiger partial charge on any atom is 0.140 e. The smallest absolute Gasteiger partial charge is 0.140 e. The molecule has 4 nitrogen and oxygen atoms in total. The lowest BCUT2D eigenvalue weighted by atomic mass is 10.2. The van der Waals surface area contributed by atoms with Crippen molar-refractivity contribution in [1.29, 1.82) is 0 Å². The van der Waals surface area contributed by atoms with Gasteiger partial charge in [-0.3, -0.25) is 0 Å². The zero-order valence-corrected chi connectivity index (χ0v) is 12.1. The first-order valence-corrected chi connectivity index (χ1v) is 7.51. The third kappa shape index (κ3) is 4.28. The minimum absolute atomic E-state index is 0.265. The molecule has 0 saturated carbocycles. The van der Waals surface area contributed by atoms with Gasteiger partial charge in [0.2, 0.25) is 0 Å². The van der Waals surface area contributed by atoms with E-state index >= 15 is 0 Å². The van der Waals surface area contributed by atoms with E-state index in [-0.39, 0.29) is 5.84 Å². The van der Waals surface area contributed by atoms with Crippen molar-refractivity contribution in [3.8, 4) is 0 Å². The van der Waals surface area contributed by atoms with Gasteiger partial charge in [-0.25, -0.2) is 0 Å². The van der Waals surface area contributed by atoms with E-state index in [0.717, 1.165) is 25.2 Å². The predicted molar refractivity (Wildman–Crippen MR) is 84.7 cm³/mol. The highest BCUT2D eigenvalue weighted by Gasteiger charge is 2.07. The van der Waals surface area contributed by atoms with Crippen molar-refractivity contribution in [2.75, 3.05) is 18.0 Å². The molecule has 1 heterocycles. The summed E-state index contributed by atoms with van der Waals surface area (Å²) in [4.78, 5) is 2.26. The molecule has 0 unspecified atom stereocenters. The Kier molecular flexibility index (Phi) is 5.43. The van der Waals surface area contributed by atoms with Crippen LogP contribution in [0.2, 0.25) is 0 Å². The first kappa shape index (κ1) is 14.4. The quantitative estimate of drug-likeness (QED) is 0.356. The summed E-state index contributed by atoms with van der Waals surface area (Å²) < 4.78 is 0. The lowest BCUT2D eigenvalue weighted by molar-refractivity contribution is 0.317. The number of anilines is 1. The second-order valence-electron chi connectivity index (χ2n) is 4.55. The summed E-state index contributed by atoms with van der Waals surface area (Å²) in [6, 6.07) is 12.4. The van der Waals surface area contributed by atoms with Crippen molar-refractivity contribution in [2.24, 2.45) is 10.9 Å². The van der Waals surface area contributed by atoms with E-state index in [4.69, 9.17) is 10.9 Å². The number of hydrogen-bond acceptors (Lipinski definition) is 4. The van der Waals surface area contributed by atoms with Crippen molar-refractivity contribution < 1.29 is 5.21 Å². The lowest BCUT2D eigenvalue weighted by Gasteiger charge is -2.24. The molecule has 0 radical (unpaired) electrons. The minimum atomic E-state index is 0.265. The molecular formula is C15H19N3OS. The topological polar surface area (TPSA) is 61.8 Å². The average Bonchev–Trinajstić information content (AvgIpc) is 3.01. The molecule has 5 heteroatoms. The van der Waals surface area contributed by atoms with Crippen LogP contribution in [-0.2, 0) is 6.42 Å². The van der Waals surface area contributed by atoms with Crippen LogP contribution in [0.4, 0.5) is 5.69 Å². The molecule has 1 aromatic heterocycles. The highest BCUT2D eigenvalue weighted by molar-refractivity contribution is 7.07. The number of nitrogens with two attached hydrogens (primary N) is 1. The van der Waals surface area contributed by atoms with E-state index in [1.54, 1.807) is 11.3 Å². The van der Waals surface area contributed by atoms with Gasteiger partial charge in [-0.2, -0.15) is 11.3 Å². The zero-order valence-electron chi connectivity index (χ0n) is 11.3. The van der Waals surface area contributed by atoms with Crippen molar-refractivity contribution >= 4 is 22.9 Å². The van der Waals surface area contributed by atoms with Gasteiger partial charge < -0.3 is 15.8 Å². The van der Waals surface area contributed by atoms with Crippen LogP contribution in [0.25, 0.3) is 0 Å². The monoisotopic (exact) mass is 289 g/mol. The number of amidine groups is 1. The second-order valence-corrected chi connectivity index (χ2v) is 5.33. The molecule has 2 aromatic rings. The van der Waals surface area contributed by atoms with Crippen LogP contribution >= 0.6 is 11.3 Å². The molecule has 3 N–H and O–H groups in total. The molecule has 106 valence electrons. The van der Waals surface area contributed by atoms with Crippen molar-refractivity contribution in [1.82, 2.24) is 0 Å². The van der Waals surface area contributed by atoms with Crippen LogP contribution in [0.15, 0.2) is 52.3 Å². The molecule has 20 heavy (non-hydrogen) atoms. The SMILES string of the molecule is NC(CCN(CCc1ccsc1)c1ccccc1)=NO. The third-order valence-electron chi connectivity index (χ3n) is 3.14. The maximum absolute atomic E-state index is 8.64. The Bertz CT molecular complexity index is 525. The third-order valence-corrected chi connectivity index (χ3v) is 3.87. The van der Waals surface area contributed by atoms with E-state index in [2.05, 4.69) is 39.0 Å². The number of para-hydroxylation sites is 1. The van der Waals surface area contributed by atoms with Gasteiger partial charge in [-0.15, -0.1) is 0 Å². The number of thiophene rings is 1. The Labute approximate surface area is 123 Å². The van der Waals surface area contributed by atoms with Crippen LogP contribution < -0.4 is 10.6 Å². The fourth-order valence-corrected chi connectivity index (χ4v) is 2.71. The van der Waals surface area contributed by atoms with Crippen molar-refractivity contribution in [3.63, 3.8) is 0 Å². The molecule has 0 spiro atoms. The summed E-state index contributed by atoms with van der Waals surface area (Å²) in [7, 11) is 0. The standard InChI is InChI=1S/C15H19N3OS/c16-15(17-19)7-10-18(14-4-2-1-3-5-14)9-6-13-8-11-20-12-13/h1-5,8,11-12,19H,6-7,9-10H2,(H2,16,17). The number of oxime groups is 1. The summed E-state index contributed by atoms with van der Waals surface area (Å²) in [6.45, 7) is 1.66.